The van der Waals surface area contributed by atoms with E-state index in [4.69, 9.17) is 14.9 Å². The minimum Gasteiger partial charge on any atom is -0.478 e. The normalized spacial score (nSPS) is 10.0. The number of ether oxygens (including phenoxy) is 1. The fourth-order valence-electron chi connectivity index (χ4n) is 2.18. The molecule has 132 valence electrons. The predicted molar refractivity (Wildman–Crippen MR) is 103 cm³/mol. The number of rotatable bonds is 5. The highest BCUT2D eigenvalue weighted by Crippen LogP contribution is 2.17. The van der Waals surface area contributed by atoms with Crippen LogP contribution in [0.15, 0.2) is 91.0 Å². The lowest BCUT2D eigenvalue weighted by Crippen LogP contribution is -1.93. The molecule has 0 amide bonds. The predicted octanol–water partition coefficient (Wildman–Crippen LogP) is 4.47. The maximum Gasteiger partial charge on any atom is 0.328 e. The molecule has 0 aliphatic heterocycles. The molecule has 0 fully saturated rings. The van der Waals surface area contributed by atoms with Gasteiger partial charge >= 0.3 is 5.97 Å². The van der Waals surface area contributed by atoms with Crippen molar-refractivity contribution >= 4 is 12.0 Å². The number of carbonyl (C=O) groups is 1. The van der Waals surface area contributed by atoms with Crippen molar-refractivity contribution in [1.82, 2.24) is 0 Å². The summed E-state index contributed by atoms with van der Waals surface area (Å²) < 4.78 is 4.80. The van der Waals surface area contributed by atoms with Gasteiger partial charge in [-0.05, 0) is 34.9 Å². The van der Waals surface area contributed by atoms with Crippen LogP contribution in [-0.4, -0.2) is 23.0 Å². The first-order valence-corrected chi connectivity index (χ1v) is 8.04. The number of carboxylic acid groups (broad SMARTS) is 1. The number of hydrogen-bond acceptors (Lipinski definition) is 3. The Balaban J connectivity index is 0.000000189. The Kier molecular flexibility index (Phi) is 7.65. The standard InChI is InChI=1S/C12H10.C10H10O4/c1-3-7-11(8-4-1)12-9-5-2-6-10-12;11-7-14-9-4-1-8(2-5-9)3-6-10(12)13/h1-10H;1-6,11H,7H2,(H,12,13)/b;6-3+. The maximum absolute atomic E-state index is 10.2. The van der Waals surface area contributed by atoms with E-state index in [1.54, 1.807) is 24.3 Å². The highest BCUT2D eigenvalue weighted by Gasteiger charge is 1.93. The molecule has 4 heteroatoms. The molecule has 0 aliphatic rings. The van der Waals surface area contributed by atoms with Gasteiger partial charge in [0.05, 0.1) is 0 Å². The second-order valence-corrected chi connectivity index (χ2v) is 5.25. The molecule has 0 unspecified atom stereocenters. The summed E-state index contributed by atoms with van der Waals surface area (Å²) >= 11 is 0. The van der Waals surface area contributed by atoms with E-state index in [-0.39, 0.29) is 6.79 Å². The molecule has 0 saturated carbocycles. The number of aliphatic hydroxyl groups excluding tert-OH is 1. The molecule has 0 saturated heterocycles. The first kappa shape index (κ1) is 19.0. The van der Waals surface area contributed by atoms with Gasteiger partial charge in [-0.1, -0.05) is 72.8 Å². The van der Waals surface area contributed by atoms with E-state index in [1.807, 2.05) is 12.1 Å². The van der Waals surface area contributed by atoms with Gasteiger partial charge in [-0.25, -0.2) is 4.79 Å². The molecule has 4 nitrogen and oxygen atoms in total. The van der Waals surface area contributed by atoms with Crippen LogP contribution in [0.4, 0.5) is 0 Å². The number of aliphatic hydroxyl groups is 1. The van der Waals surface area contributed by atoms with Crippen LogP contribution in [0, 0.1) is 0 Å². The summed E-state index contributed by atoms with van der Waals surface area (Å²) in [6.45, 7) is -0.371. The Morgan fingerprint density at radius 2 is 1.31 bits per heavy atom. The van der Waals surface area contributed by atoms with Gasteiger partial charge in [-0.15, -0.1) is 0 Å². The van der Waals surface area contributed by atoms with E-state index < -0.39 is 5.97 Å². The lowest BCUT2D eigenvalue weighted by Gasteiger charge is -2.01. The topological polar surface area (TPSA) is 66.8 Å². The van der Waals surface area contributed by atoms with E-state index in [9.17, 15) is 4.79 Å². The molecular formula is C22H20O4. The summed E-state index contributed by atoms with van der Waals surface area (Å²) in [5.74, 6) is -0.444. The molecule has 26 heavy (non-hydrogen) atoms. The zero-order valence-corrected chi connectivity index (χ0v) is 14.2. The van der Waals surface area contributed by atoms with Crippen molar-refractivity contribution in [3.8, 4) is 16.9 Å². The van der Waals surface area contributed by atoms with Gasteiger partial charge in [-0.3, -0.25) is 0 Å². The molecule has 0 aromatic heterocycles. The van der Waals surface area contributed by atoms with Gasteiger partial charge in [0.15, 0.2) is 6.79 Å². The summed E-state index contributed by atoms with van der Waals surface area (Å²) in [5.41, 5.74) is 3.31. The van der Waals surface area contributed by atoms with Crippen LogP contribution in [0.2, 0.25) is 0 Å². The molecular weight excluding hydrogens is 328 g/mol. The Bertz CT molecular complexity index is 772. The third-order valence-electron chi connectivity index (χ3n) is 3.41. The van der Waals surface area contributed by atoms with Gasteiger partial charge in [0.1, 0.15) is 5.75 Å². The summed E-state index contributed by atoms with van der Waals surface area (Å²) in [4.78, 5) is 10.2. The van der Waals surface area contributed by atoms with Gasteiger partial charge in [-0.2, -0.15) is 0 Å². The fraction of sp³-hybridized carbons (Fsp3) is 0.0455. The Morgan fingerprint density at radius 3 is 1.73 bits per heavy atom. The molecule has 0 aliphatic carbocycles. The van der Waals surface area contributed by atoms with E-state index in [2.05, 4.69) is 48.5 Å². The van der Waals surface area contributed by atoms with Crippen molar-refractivity contribution in [3.63, 3.8) is 0 Å². The van der Waals surface area contributed by atoms with Gasteiger partial charge in [0, 0.05) is 6.08 Å². The molecule has 0 bridgehead atoms. The molecule has 0 radical (unpaired) electrons. The molecule has 0 spiro atoms. The molecule has 3 aromatic rings. The molecule has 3 rings (SSSR count). The van der Waals surface area contributed by atoms with E-state index in [1.165, 1.54) is 17.2 Å². The zero-order valence-electron chi connectivity index (χ0n) is 14.2. The van der Waals surface area contributed by atoms with Crippen LogP contribution >= 0.6 is 0 Å². The number of benzene rings is 3. The molecule has 2 N–H and O–H groups in total. The summed E-state index contributed by atoms with van der Waals surface area (Å²) in [6.07, 6.45) is 2.53. The first-order valence-electron chi connectivity index (χ1n) is 8.04. The Labute approximate surface area is 152 Å². The maximum atomic E-state index is 10.2. The minimum atomic E-state index is -0.985. The average molecular weight is 348 g/mol. The Hall–Kier alpha value is -3.37. The third kappa shape index (κ3) is 6.63. The van der Waals surface area contributed by atoms with E-state index >= 15 is 0 Å². The van der Waals surface area contributed by atoms with Gasteiger partial charge in [0.2, 0.25) is 0 Å². The summed E-state index contributed by atoms with van der Waals surface area (Å²) in [7, 11) is 0. The van der Waals surface area contributed by atoms with E-state index in [0.717, 1.165) is 11.6 Å². The smallest absolute Gasteiger partial charge is 0.328 e. The number of aliphatic carboxylic acids is 1. The second-order valence-electron chi connectivity index (χ2n) is 5.25. The lowest BCUT2D eigenvalue weighted by atomic mass is 10.1. The minimum absolute atomic E-state index is 0.371. The molecule has 0 heterocycles. The summed E-state index contributed by atoms with van der Waals surface area (Å²) in [6, 6.07) is 27.5. The molecule has 0 atom stereocenters. The van der Waals surface area contributed by atoms with E-state index in [0.29, 0.717) is 5.75 Å². The van der Waals surface area contributed by atoms with Crippen LogP contribution in [0.5, 0.6) is 5.75 Å². The van der Waals surface area contributed by atoms with Crippen molar-refractivity contribution in [2.24, 2.45) is 0 Å². The third-order valence-corrected chi connectivity index (χ3v) is 3.41. The molecule has 3 aromatic carbocycles. The Morgan fingerprint density at radius 1 is 0.808 bits per heavy atom. The van der Waals surface area contributed by atoms with Crippen LogP contribution in [0.25, 0.3) is 17.2 Å². The van der Waals surface area contributed by atoms with Crippen molar-refractivity contribution in [2.75, 3.05) is 6.79 Å². The fourth-order valence-corrected chi connectivity index (χ4v) is 2.18. The number of hydrogen-bond donors (Lipinski definition) is 2. The largest absolute Gasteiger partial charge is 0.478 e. The van der Waals surface area contributed by atoms with Crippen molar-refractivity contribution in [2.45, 2.75) is 0 Å². The summed E-state index contributed by atoms with van der Waals surface area (Å²) in [5, 5.41) is 16.8. The van der Waals surface area contributed by atoms with Crippen molar-refractivity contribution < 1.29 is 19.7 Å². The van der Waals surface area contributed by atoms with Gasteiger partial charge in [0.25, 0.3) is 0 Å². The van der Waals surface area contributed by atoms with Crippen LogP contribution in [-0.2, 0) is 4.79 Å². The van der Waals surface area contributed by atoms with Gasteiger partial charge < -0.3 is 14.9 Å². The monoisotopic (exact) mass is 348 g/mol. The highest BCUT2D eigenvalue weighted by molar-refractivity contribution is 5.85. The highest BCUT2D eigenvalue weighted by atomic mass is 16.6. The second kappa shape index (κ2) is 10.5. The van der Waals surface area contributed by atoms with Crippen LogP contribution in [0.1, 0.15) is 5.56 Å². The number of carboxylic acids is 1. The lowest BCUT2D eigenvalue weighted by molar-refractivity contribution is -0.131. The van der Waals surface area contributed by atoms with Crippen molar-refractivity contribution in [1.29, 1.82) is 0 Å². The first-order chi connectivity index (χ1) is 12.7. The average Bonchev–Trinajstić information content (AvgIpc) is 2.69. The zero-order chi connectivity index (χ0) is 18.6. The van der Waals surface area contributed by atoms with Crippen LogP contribution < -0.4 is 4.74 Å². The van der Waals surface area contributed by atoms with Crippen LogP contribution in [0.3, 0.4) is 0 Å². The quantitative estimate of drug-likeness (QED) is 0.527. The SMILES string of the molecule is O=C(O)/C=C/c1ccc(OCO)cc1.c1ccc(-c2ccccc2)cc1. The van der Waals surface area contributed by atoms with Crippen molar-refractivity contribution in [3.05, 3.63) is 96.6 Å².